The second-order valence-electron chi connectivity index (χ2n) is 8.36. The number of nitrogens with zero attached hydrogens (tertiary/aromatic N) is 4. The summed E-state index contributed by atoms with van der Waals surface area (Å²) >= 11 is 0. The number of likely N-dealkylation sites (tertiary alicyclic amines) is 1. The number of rotatable bonds is 6. The maximum absolute atomic E-state index is 14.6. The molecule has 0 radical (unpaired) electrons. The van der Waals surface area contributed by atoms with Crippen LogP contribution in [0.2, 0.25) is 0 Å². The molecule has 1 aliphatic rings. The smallest absolute Gasteiger partial charge is 0.352 e. The van der Waals surface area contributed by atoms with Gasteiger partial charge in [0.15, 0.2) is 0 Å². The number of hydrogen-bond donors (Lipinski definition) is 0. The number of aromatic nitrogens is 3. The highest BCUT2D eigenvalue weighted by atomic mass is 19.1. The molecule has 9 nitrogen and oxygen atoms in total. The van der Waals surface area contributed by atoms with Crippen LogP contribution >= 0.6 is 0 Å². The zero-order valence-electron chi connectivity index (χ0n) is 19.5. The quantitative estimate of drug-likeness (QED) is 0.483. The lowest BCUT2D eigenvalue weighted by atomic mass is 9.98. The van der Waals surface area contributed by atoms with Crippen molar-refractivity contribution in [3.8, 4) is 5.69 Å². The molecule has 11 heteroatoms. The number of carbonyl (C=O) groups is 2. The average molecular weight is 498 g/mol. The first kappa shape index (κ1) is 25.0. The molecule has 0 spiro atoms. The summed E-state index contributed by atoms with van der Waals surface area (Å²) in [6, 6.07) is 10.6. The van der Waals surface area contributed by atoms with E-state index in [4.69, 9.17) is 4.74 Å². The molecule has 1 fully saturated rings. The first-order valence-electron chi connectivity index (χ1n) is 11.5. The van der Waals surface area contributed by atoms with Crippen LogP contribution in [-0.2, 0) is 16.1 Å². The summed E-state index contributed by atoms with van der Waals surface area (Å²) in [6.45, 7) is 1.79. The lowest BCUT2D eigenvalue weighted by Crippen LogP contribution is -2.49. The summed E-state index contributed by atoms with van der Waals surface area (Å²) in [6.07, 6.45) is 1.02. The van der Waals surface area contributed by atoms with Crippen molar-refractivity contribution in [1.82, 2.24) is 19.2 Å². The SMILES string of the molecule is CCOC(=O)C1CCCN(C(=O)c2nn(-c3ccccc3F)c(=O)n(Cc3cccc(F)c3)c2=O)C1. The molecule has 1 unspecified atom stereocenters. The molecule has 4 rings (SSSR count). The van der Waals surface area contributed by atoms with Crippen LogP contribution in [0.4, 0.5) is 8.78 Å². The third kappa shape index (κ3) is 5.09. The number of para-hydroxylation sites is 1. The lowest BCUT2D eigenvalue weighted by molar-refractivity contribution is -0.149. The fourth-order valence-electron chi connectivity index (χ4n) is 4.15. The normalized spacial score (nSPS) is 15.5. The van der Waals surface area contributed by atoms with Crippen molar-refractivity contribution in [3.63, 3.8) is 0 Å². The predicted octanol–water partition coefficient (Wildman–Crippen LogP) is 2.14. The Hall–Kier alpha value is -4.15. The summed E-state index contributed by atoms with van der Waals surface area (Å²) < 4.78 is 34.8. The number of halogens is 2. The van der Waals surface area contributed by atoms with Gasteiger partial charge in [0.1, 0.15) is 17.3 Å². The Labute approximate surface area is 204 Å². The van der Waals surface area contributed by atoms with Crippen molar-refractivity contribution in [2.75, 3.05) is 19.7 Å². The Morgan fingerprint density at radius 1 is 1.11 bits per heavy atom. The molecule has 1 aliphatic heterocycles. The van der Waals surface area contributed by atoms with E-state index >= 15 is 0 Å². The van der Waals surface area contributed by atoms with E-state index in [2.05, 4.69) is 5.10 Å². The number of ether oxygens (including phenoxy) is 1. The van der Waals surface area contributed by atoms with E-state index < -0.39 is 46.4 Å². The van der Waals surface area contributed by atoms with E-state index in [1.165, 1.54) is 41.3 Å². The highest BCUT2D eigenvalue weighted by Gasteiger charge is 2.32. The average Bonchev–Trinajstić information content (AvgIpc) is 2.87. The van der Waals surface area contributed by atoms with Crippen LogP contribution in [0.3, 0.4) is 0 Å². The molecule has 0 N–H and O–H groups in total. The molecule has 1 aromatic heterocycles. The van der Waals surface area contributed by atoms with Crippen molar-refractivity contribution in [3.05, 3.63) is 92.3 Å². The highest BCUT2D eigenvalue weighted by molar-refractivity contribution is 5.92. The Balaban J connectivity index is 1.80. The van der Waals surface area contributed by atoms with Crippen LogP contribution in [-0.4, -0.2) is 50.8 Å². The summed E-state index contributed by atoms with van der Waals surface area (Å²) in [4.78, 5) is 53.5. The van der Waals surface area contributed by atoms with Gasteiger partial charge in [-0.05, 0) is 49.6 Å². The first-order chi connectivity index (χ1) is 17.3. The Morgan fingerprint density at radius 3 is 2.61 bits per heavy atom. The van der Waals surface area contributed by atoms with Crippen molar-refractivity contribution in [2.24, 2.45) is 5.92 Å². The van der Waals surface area contributed by atoms with Gasteiger partial charge in [-0.25, -0.2) is 13.6 Å². The molecule has 1 atom stereocenters. The molecule has 0 saturated carbocycles. The molecule has 1 saturated heterocycles. The van der Waals surface area contributed by atoms with E-state index in [0.717, 1.165) is 12.1 Å². The number of esters is 1. The number of carbonyl (C=O) groups excluding carboxylic acids is 2. The van der Waals surface area contributed by atoms with Crippen molar-refractivity contribution in [2.45, 2.75) is 26.3 Å². The van der Waals surface area contributed by atoms with Gasteiger partial charge in [0.05, 0.1) is 19.1 Å². The molecule has 188 valence electrons. The van der Waals surface area contributed by atoms with Gasteiger partial charge in [-0.1, -0.05) is 24.3 Å². The second-order valence-corrected chi connectivity index (χ2v) is 8.36. The van der Waals surface area contributed by atoms with Crippen LogP contribution in [0.25, 0.3) is 5.69 Å². The van der Waals surface area contributed by atoms with Crippen LogP contribution in [0.5, 0.6) is 0 Å². The Bertz CT molecular complexity index is 1420. The Morgan fingerprint density at radius 2 is 1.89 bits per heavy atom. The number of hydrogen-bond acceptors (Lipinski definition) is 6. The molecule has 0 aliphatic carbocycles. The lowest BCUT2D eigenvalue weighted by Gasteiger charge is -2.31. The van der Waals surface area contributed by atoms with Gasteiger partial charge in [0.25, 0.3) is 11.5 Å². The van der Waals surface area contributed by atoms with Crippen molar-refractivity contribution in [1.29, 1.82) is 0 Å². The minimum Gasteiger partial charge on any atom is -0.466 e. The minimum absolute atomic E-state index is 0.0154. The zero-order valence-corrected chi connectivity index (χ0v) is 19.5. The van der Waals surface area contributed by atoms with Gasteiger partial charge in [-0.15, -0.1) is 0 Å². The number of piperidine rings is 1. The van der Waals surface area contributed by atoms with Gasteiger partial charge in [-0.2, -0.15) is 9.78 Å². The molecule has 36 heavy (non-hydrogen) atoms. The summed E-state index contributed by atoms with van der Waals surface area (Å²) in [5.74, 6) is -3.16. The van der Waals surface area contributed by atoms with E-state index in [1.807, 2.05) is 0 Å². The third-order valence-corrected chi connectivity index (χ3v) is 5.90. The molecular weight excluding hydrogens is 474 g/mol. The number of amides is 1. The minimum atomic E-state index is -1.000. The molecule has 1 amide bonds. The number of benzene rings is 2. The molecule has 3 aromatic rings. The van der Waals surface area contributed by atoms with E-state index in [-0.39, 0.29) is 31.9 Å². The van der Waals surface area contributed by atoms with Gasteiger partial charge in [-0.3, -0.25) is 19.0 Å². The topological polar surface area (TPSA) is 104 Å². The Kier molecular flexibility index (Phi) is 7.37. The fourth-order valence-corrected chi connectivity index (χ4v) is 4.15. The first-order valence-corrected chi connectivity index (χ1v) is 11.5. The maximum atomic E-state index is 14.6. The third-order valence-electron chi connectivity index (χ3n) is 5.90. The molecule has 2 aromatic carbocycles. The van der Waals surface area contributed by atoms with E-state index in [1.54, 1.807) is 6.92 Å². The van der Waals surface area contributed by atoms with Crippen molar-refractivity contribution >= 4 is 11.9 Å². The molecule has 2 heterocycles. The van der Waals surface area contributed by atoms with Gasteiger partial charge in [0, 0.05) is 13.1 Å². The predicted molar refractivity (Wildman–Crippen MR) is 125 cm³/mol. The maximum Gasteiger partial charge on any atom is 0.352 e. The van der Waals surface area contributed by atoms with E-state index in [0.29, 0.717) is 27.7 Å². The molecular formula is C25H24F2N4O5. The molecule has 0 bridgehead atoms. The van der Waals surface area contributed by atoms with Crippen LogP contribution < -0.4 is 11.2 Å². The second kappa shape index (κ2) is 10.6. The summed E-state index contributed by atoms with van der Waals surface area (Å²) in [5.41, 5.74) is -2.57. The van der Waals surface area contributed by atoms with Crippen LogP contribution in [0.15, 0.2) is 58.1 Å². The van der Waals surface area contributed by atoms with Gasteiger partial charge >= 0.3 is 11.7 Å². The van der Waals surface area contributed by atoms with Gasteiger partial charge < -0.3 is 9.64 Å². The van der Waals surface area contributed by atoms with Crippen LogP contribution in [0.1, 0.15) is 35.8 Å². The highest BCUT2D eigenvalue weighted by Crippen LogP contribution is 2.19. The van der Waals surface area contributed by atoms with E-state index in [9.17, 15) is 28.0 Å². The largest absolute Gasteiger partial charge is 0.466 e. The zero-order chi connectivity index (χ0) is 25.8. The van der Waals surface area contributed by atoms with Crippen LogP contribution in [0, 0.1) is 17.6 Å². The standard InChI is InChI=1S/C25H24F2N4O5/c1-2-36-24(34)17-8-6-12-29(15-17)22(32)21-23(33)30(14-16-7-5-9-18(26)13-16)25(35)31(28-21)20-11-4-3-10-19(20)27/h3-5,7,9-11,13,17H,2,6,8,12,14-15H2,1H3. The summed E-state index contributed by atoms with van der Waals surface area (Å²) in [7, 11) is 0. The van der Waals surface area contributed by atoms with Crippen molar-refractivity contribution < 1.29 is 23.1 Å². The summed E-state index contributed by atoms with van der Waals surface area (Å²) in [5, 5.41) is 3.95. The van der Waals surface area contributed by atoms with Gasteiger partial charge in [0.2, 0.25) is 5.69 Å². The fraction of sp³-hybridized carbons (Fsp3) is 0.320. The monoisotopic (exact) mass is 498 g/mol.